The van der Waals surface area contributed by atoms with Crippen LogP contribution in [-0.2, 0) is 11.3 Å². The molecule has 0 atom stereocenters. The van der Waals surface area contributed by atoms with Crippen molar-refractivity contribution in [3.05, 3.63) is 65.9 Å². The van der Waals surface area contributed by atoms with Gasteiger partial charge in [0.2, 0.25) is 12.7 Å². The number of nitrogens with zero attached hydrogens (tertiary/aromatic N) is 3. The predicted octanol–water partition coefficient (Wildman–Crippen LogP) is 4.72. The summed E-state index contributed by atoms with van der Waals surface area (Å²) in [7, 11) is 1.65. The highest BCUT2D eigenvalue weighted by Crippen LogP contribution is 2.38. The van der Waals surface area contributed by atoms with Crippen molar-refractivity contribution >= 4 is 29.0 Å². The number of hydrogen-bond acceptors (Lipinski definition) is 9. The van der Waals surface area contributed by atoms with Crippen molar-refractivity contribution in [2.24, 2.45) is 0 Å². The maximum atomic E-state index is 12.3. The lowest BCUT2D eigenvalue weighted by atomic mass is 10.2. The maximum Gasteiger partial charge on any atom is 0.231 e. The molecule has 3 heterocycles. The summed E-state index contributed by atoms with van der Waals surface area (Å²) in [6.45, 7) is 2.60. The Labute approximate surface area is 210 Å². The summed E-state index contributed by atoms with van der Waals surface area (Å²) in [4.78, 5) is 18.0. The topological polar surface area (TPSA) is 95.5 Å². The molecule has 1 aliphatic rings. The van der Waals surface area contributed by atoms with E-state index in [9.17, 15) is 4.79 Å². The fraction of sp³-hybridized carbons (Fsp3) is 0.200. The van der Waals surface area contributed by atoms with Crippen LogP contribution in [0.15, 0.2) is 59.6 Å². The van der Waals surface area contributed by atoms with Crippen molar-refractivity contribution < 1.29 is 19.0 Å². The summed E-state index contributed by atoms with van der Waals surface area (Å²) in [5, 5.41) is 13.1. The van der Waals surface area contributed by atoms with Crippen LogP contribution < -0.4 is 19.5 Å². The molecular weight excluding hydrogens is 484 g/mol. The number of aromatic nitrogens is 3. The van der Waals surface area contributed by atoms with E-state index in [2.05, 4.69) is 15.5 Å². The van der Waals surface area contributed by atoms with Crippen molar-refractivity contribution in [2.45, 2.75) is 18.5 Å². The highest BCUT2D eigenvalue weighted by atomic mass is 32.2. The number of carbonyl (C=O) groups is 1. The van der Waals surface area contributed by atoms with Crippen molar-refractivity contribution in [1.29, 1.82) is 0 Å². The molecule has 178 valence electrons. The van der Waals surface area contributed by atoms with Gasteiger partial charge in [0.25, 0.3) is 0 Å². The molecule has 0 saturated carbocycles. The molecule has 2 aromatic carbocycles. The van der Waals surface area contributed by atoms with E-state index in [1.165, 1.54) is 11.8 Å². The largest absolute Gasteiger partial charge is 0.496 e. The highest BCUT2D eigenvalue weighted by molar-refractivity contribution is 7.99. The van der Waals surface area contributed by atoms with E-state index in [0.29, 0.717) is 17.3 Å². The van der Waals surface area contributed by atoms with Crippen LogP contribution in [0.3, 0.4) is 0 Å². The average Bonchev–Trinajstić information content (AvgIpc) is 3.52. The highest BCUT2D eigenvalue weighted by Gasteiger charge is 2.16. The zero-order chi connectivity index (χ0) is 24.2. The van der Waals surface area contributed by atoms with Crippen molar-refractivity contribution in [1.82, 2.24) is 20.5 Å². The van der Waals surface area contributed by atoms with Crippen LogP contribution in [0.5, 0.6) is 17.2 Å². The number of aryl methyl sites for hydroxylation is 1. The molecule has 1 amide bonds. The quantitative estimate of drug-likeness (QED) is 0.343. The Balaban J connectivity index is 1.18. The normalized spacial score (nSPS) is 11.9. The number of amides is 1. The van der Waals surface area contributed by atoms with Crippen molar-refractivity contribution in [3.8, 4) is 38.4 Å². The zero-order valence-electron chi connectivity index (χ0n) is 19.1. The predicted molar refractivity (Wildman–Crippen MR) is 135 cm³/mol. The Morgan fingerprint density at radius 1 is 1.11 bits per heavy atom. The summed E-state index contributed by atoms with van der Waals surface area (Å²) in [5.74, 6) is 2.37. The van der Waals surface area contributed by atoms with E-state index >= 15 is 0 Å². The molecule has 8 nitrogen and oxygen atoms in total. The minimum absolute atomic E-state index is 0.0849. The molecule has 0 spiro atoms. The average molecular weight is 507 g/mol. The molecule has 2 aromatic heterocycles. The molecule has 0 fully saturated rings. The molecule has 1 aliphatic heterocycles. The number of para-hydroxylation sites is 1. The summed E-state index contributed by atoms with van der Waals surface area (Å²) < 4.78 is 16.1. The van der Waals surface area contributed by atoms with Crippen LogP contribution in [0, 0.1) is 6.92 Å². The first-order valence-electron chi connectivity index (χ1n) is 10.8. The molecule has 5 rings (SSSR count). The summed E-state index contributed by atoms with van der Waals surface area (Å²) in [5.41, 5.74) is 3.52. The van der Waals surface area contributed by atoms with Crippen LogP contribution in [-0.4, -0.2) is 40.7 Å². The van der Waals surface area contributed by atoms with Gasteiger partial charge in [0.05, 0.1) is 29.0 Å². The molecule has 0 radical (unpaired) electrons. The van der Waals surface area contributed by atoms with E-state index in [4.69, 9.17) is 19.2 Å². The van der Waals surface area contributed by atoms with Gasteiger partial charge in [0, 0.05) is 6.54 Å². The molecular formula is C25H22N4O4S2. The third-order valence-corrected chi connectivity index (χ3v) is 7.42. The minimum Gasteiger partial charge on any atom is -0.496 e. The van der Waals surface area contributed by atoms with Crippen LogP contribution in [0.4, 0.5) is 0 Å². The molecule has 10 heteroatoms. The van der Waals surface area contributed by atoms with Crippen LogP contribution in [0.2, 0.25) is 0 Å². The van der Waals surface area contributed by atoms with Crippen LogP contribution in [0.25, 0.3) is 21.1 Å². The number of thioether (sulfide) groups is 1. The lowest BCUT2D eigenvalue weighted by molar-refractivity contribution is -0.118. The molecule has 0 saturated heterocycles. The van der Waals surface area contributed by atoms with Gasteiger partial charge in [-0.15, -0.1) is 21.5 Å². The zero-order valence-corrected chi connectivity index (χ0v) is 20.7. The molecule has 1 N–H and O–H groups in total. The van der Waals surface area contributed by atoms with Gasteiger partial charge in [0.1, 0.15) is 21.5 Å². The van der Waals surface area contributed by atoms with Crippen LogP contribution >= 0.6 is 23.1 Å². The smallest absolute Gasteiger partial charge is 0.231 e. The number of carbonyl (C=O) groups excluding carboxylic acids is 1. The Morgan fingerprint density at radius 2 is 1.97 bits per heavy atom. The lowest BCUT2D eigenvalue weighted by Gasteiger charge is -2.06. The molecule has 35 heavy (non-hydrogen) atoms. The van der Waals surface area contributed by atoms with Gasteiger partial charge in [-0.2, -0.15) is 0 Å². The van der Waals surface area contributed by atoms with E-state index < -0.39 is 0 Å². The third kappa shape index (κ3) is 5.23. The number of hydrogen-bond donors (Lipinski definition) is 1. The second-order valence-corrected chi connectivity index (χ2v) is 9.64. The van der Waals surface area contributed by atoms with Crippen molar-refractivity contribution in [3.63, 3.8) is 0 Å². The first kappa shape index (κ1) is 23.1. The minimum atomic E-state index is -0.0849. The first-order valence-corrected chi connectivity index (χ1v) is 12.6. The molecule has 0 bridgehead atoms. The number of methoxy groups -OCH3 is 1. The van der Waals surface area contributed by atoms with Crippen LogP contribution in [0.1, 0.15) is 11.3 Å². The first-order chi connectivity index (χ1) is 17.1. The van der Waals surface area contributed by atoms with E-state index in [1.54, 1.807) is 18.4 Å². The molecule has 0 aliphatic carbocycles. The number of ether oxygens (including phenoxy) is 3. The summed E-state index contributed by atoms with van der Waals surface area (Å²) in [6, 6.07) is 17.2. The van der Waals surface area contributed by atoms with Gasteiger partial charge in [-0.3, -0.25) is 4.79 Å². The second kappa shape index (κ2) is 10.3. The van der Waals surface area contributed by atoms with Gasteiger partial charge < -0.3 is 19.5 Å². The summed E-state index contributed by atoms with van der Waals surface area (Å²) >= 11 is 2.89. The number of rotatable bonds is 8. The fourth-order valence-corrected chi connectivity index (χ4v) is 5.24. The van der Waals surface area contributed by atoms with E-state index in [1.807, 2.05) is 61.5 Å². The van der Waals surface area contributed by atoms with Gasteiger partial charge in [-0.05, 0) is 48.9 Å². The second-order valence-electron chi connectivity index (χ2n) is 7.64. The number of fused-ring (bicyclic) bond motifs is 1. The standard InChI is InChI=1S/C25H22N4O4S2/c1-15-24(35-25(27-15)17-5-3-4-6-19(17)31-2)18-8-10-23(29-28-18)34-13-22(30)26-12-16-7-9-20-21(11-16)33-14-32-20/h3-11H,12-14H2,1-2H3,(H,26,30). The Hall–Kier alpha value is -3.63. The number of thiazole rings is 1. The monoisotopic (exact) mass is 506 g/mol. The van der Waals surface area contributed by atoms with Gasteiger partial charge in [-0.25, -0.2) is 4.98 Å². The SMILES string of the molecule is COc1ccccc1-c1nc(C)c(-c2ccc(SCC(=O)NCc3ccc4c(c3)OCO4)nn2)s1. The van der Waals surface area contributed by atoms with Crippen molar-refractivity contribution in [2.75, 3.05) is 19.7 Å². The number of benzene rings is 2. The van der Waals surface area contributed by atoms with Gasteiger partial charge in [0.15, 0.2) is 11.5 Å². The van der Waals surface area contributed by atoms with E-state index in [-0.39, 0.29) is 18.5 Å². The summed E-state index contributed by atoms with van der Waals surface area (Å²) in [6.07, 6.45) is 0. The van der Waals surface area contributed by atoms with Gasteiger partial charge in [-0.1, -0.05) is 30.0 Å². The third-order valence-electron chi connectivity index (χ3n) is 5.28. The molecule has 4 aromatic rings. The maximum absolute atomic E-state index is 12.3. The Kier molecular flexibility index (Phi) is 6.82. The molecule has 0 unspecified atom stereocenters. The Morgan fingerprint density at radius 3 is 2.80 bits per heavy atom. The number of nitrogens with one attached hydrogen (secondary N) is 1. The lowest BCUT2D eigenvalue weighted by Crippen LogP contribution is -2.24. The fourth-order valence-electron chi connectivity index (χ4n) is 3.53. The van der Waals surface area contributed by atoms with Gasteiger partial charge >= 0.3 is 0 Å². The van der Waals surface area contributed by atoms with E-state index in [0.717, 1.165) is 43.9 Å². The Bertz CT molecular complexity index is 1360.